The molecule has 0 aliphatic heterocycles. The van der Waals surface area contributed by atoms with Crippen molar-refractivity contribution >= 4 is 17.3 Å². The quantitative estimate of drug-likeness (QED) is 0.786. The summed E-state index contributed by atoms with van der Waals surface area (Å²) in [5.74, 6) is 0. The summed E-state index contributed by atoms with van der Waals surface area (Å²) in [6.45, 7) is 3.63. The van der Waals surface area contributed by atoms with Gasteiger partial charge in [-0.1, -0.05) is 11.6 Å². The fraction of sp³-hybridized carbons (Fsp3) is 0.200. The van der Waals surface area contributed by atoms with Crippen LogP contribution < -0.4 is 5.32 Å². The zero-order chi connectivity index (χ0) is 14.7. The van der Waals surface area contributed by atoms with Crippen LogP contribution in [0.2, 0.25) is 5.02 Å². The SMILES string of the molecule is CCn1cc(CNc2cc(Cl)ccc2-n2cccn2)cn1. The van der Waals surface area contributed by atoms with Crippen molar-refractivity contribution in [2.75, 3.05) is 5.32 Å². The highest BCUT2D eigenvalue weighted by Crippen LogP contribution is 2.24. The third kappa shape index (κ3) is 3.08. The molecule has 0 aliphatic carbocycles. The van der Waals surface area contributed by atoms with Crippen LogP contribution in [-0.2, 0) is 13.1 Å². The molecule has 0 saturated heterocycles. The summed E-state index contributed by atoms with van der Waals surface area (Å²) in [4.78, 5) is 0. The average molecular weight is 302 g/mol. The van der Waals surface area contributed by atoms with Gasteiger partial charge in [0.15, 0.2) is 0 Å². The van der Waals surface area contributed by atoms with E-state index in [4.69, 9.17) is 11.6 Å². The van der Waals surface area contributed by atoms with E-state index in [1.165, 1.54) is 0 Å². The van der Waals surface area contributed by atoms with Gasteiger partial charge in [0, 0.05) is 42.3 Å². The third-order valence-corrected chi connectivity index (χ3v) is 3.44. The van der Waals surface area contributed by atoms with Crippen molar-refractivity contribution in [3.8, 4) is 5.69 Å². The number of anilines is 1. The Morgan fingerprint density at radius 1 is 1.29 bits per heavy atom. The Kier molecular flexibility index (Phi) is 3.92. The second-order valence-electron chi connectivity index (χ2n) is 4.67. The predicted octanol–water partition coefficient (Wildman–Crippen LogP) is 3.35. The summed E-state index contributed by atoms with van der Waals surface area (Å²) >= 11 is 6.10. The standard InChI is InChI=1S/C15H16ClN5/c1-2-20-11-12(10-19-20)9-17-14-8-13(16)4-5-15(14)21-7-3-6-18-21/h3-8,10-11,17H,2,9H2,1H3. The van der Waals surface area contributed by atoms with E-state index in [1.807, 2.05) is 52.2 Å². The van der Waals surface area contributed by atoms with Gasteiger partial charge in [0.1, 0.15) is 0 Å². The van der Waals surface area contributed by atoms with Gasteiger partial charge < -0.3 is 5.32 Å². The van der Waals surface area contributed by atoms with E-state index in [1.54, 1.807) is 6.20 Å². The lowest BCUT2D eigenvalue weighted by Crippen LogP contribution is -2.04. The highest BCUT2D eigenvalue weighted by Gasteiger charge is 2.06. The van der Waals surface area contributed by atoms with Crippen molar-refractivity contribution in [2.45, 2.75) is 20.0 Å². The fourth-order valence-electron chi connectivity index (χ4n) is 2.13. The molecule has 108 valence electrons. The van der Waals surface area contributed by atoms with Crippen LogP contribution in [0.1, 0.15) is 12.5 Å². The monoisotopic (exact) mass is 301 g/mol. The van der Waals surface area contributed by atoms with Crippen LogP contribution >= 0.6 is 11.6 Å². The molecule has 0 amide bonds. The zero-order valence-electron chi connectivity index (χ0n) is 11.7. The first-order valence-electron chi connectivity index (χ1n) is 6.81. The molecule has 0 saturated carbocycles. The molecule has 0 unspecified atom stereocenters. The zero-order valence-corrected chi connectivity index (χ0v) is 12.5. The van der Waals surface area contributed by atoms with E-state index in [2.05, 4.69) is 22.4 Å². The van der Waals surface area contributed by atoms with Crippen LogP contribution in [0.4, 0.5) is 5.69 Å². The number of nitrogens with one attached hydrogen (secondary N) is 1. The molecule has 0 fully saturated rings. The minimum absolute atomic E-state index is 0.689. The van der Waals surface area contributed by atoms with Crippen molar-refractivity contribution in [2.24, 2.45) is 0 Å². The summed E-state index contributed by atoms with van der Waals surface area (Å²) in [5.41, 5.74) is 3.03. The van der Waals surface area contributed by atoms with Crippen LogP contribution in [0.25, 0.3) is 5.69 Å². The Bertz CT molecular complexity index is 718. The van der Waals surface area contributed by atoms with Gasteiger partial charge in [-0.2, -0.15) is 10.2 Å². The first-order chi connectivity index (χ1) is 10.3. The van der Waals surface area contributed by atoms with Gasteiger partial charge >= 0.3 is 0 Å². The average Bonchev–Trinajstić information content (AvgIpc) is 3.16. The van der Waals surface area contributed by atoms with Gasteiger partial charge in [-0.3, -0.25) is 4.68 Å². The number of aryl methyl sites for hydroxylation is 1. The molecule has 2 aromatic heterocycles. The number of hydrogen-bond donors (Lipinski definition) is 1. The molecule has 0 radical (unpaired) electrons. The van der Waals surface area contributed by atoms with E-state index in [9.17, 15) is 0 Å². The Balaban J connectivity index is 1.82. The van der Waals surface area contributed by atoms with E-state index >= 15 is 0 Å². The van der Waals surface area contributed by atoms with Gasteiger partial charge in [-0.15, -0.1) is 0 Å². The maximum absolute atomic E-state index is 6.10. The van der Waals surface area contributed by atoms with Crippen molar-refractivity contribution < 1.29 is 0 Å². The maximum Gasteiger partial charge on any atom is 0.0877 e. The molecule has 1 N–H and O–H groups in total. The molecule has 0 bridgehead atoms. The van der Waals surface area contributed by atoms with Crippen LogP contribution in [0.5, 0.6) is 0 Å². The molecule has 0 spiro atoms. The minimum Gasteiger partial charge on any atom is -0.379 e. The van der Waals surface area contributed by atoms with E-state index in [0.717, 1.165) is 23.5 Å². The number of halogens is 1. The van der Waals surface area contributed by atoms with Crippen molar-refractivity contribution in [3.63, 3.8) is 0 Å². The molecular formula is C15H16ClN5. The molecule has 2 heterocycles. The molecule has 3 rings (SSSR count). The molecular weight excluding hydrogens is 286 g/mol. The number of rotatable bonds is 5. The largest absolute Gasteiger partial charge is 0.379 e. The van der Waals surface area contributed by atoms with Crippen molar-refractivity contribution in [1.82, 2.24) is 19.6 Å². The minimum atomic E-state index is 0.689. The third-order valence-electron chi connectivity index (χ3n) is 3.20. The van der Waals surface area contributed by atoms with Crippen LogP contribution in [-0.4, -0.2) is 19.6 Å². The molecule has 5 nitrogen and oxygen atoms in total. The number of benzene rings is 1. The topological polar surface area (TPSA) is 47.7 Å². The van der Waals surface area contributed by atoms with Crippen LogP contribution in [0.15, 0.2) is 49.1 Å². The Morgan fingerprint density at radius 2 is 2.19 bits per heavy atom. The second kappa shape index (κ2) is 6.01. The van der Waals surface area contributed by atoms with Gasteiger partial charge in [-0.05, 0) is 31.2 Å². The number of hydrogen-bond acceptors (Lipinski definition) is 3. The fourth-order valence-corrected chi connectivity index (χ4v) is 2.30. The Labute approximate surface area is 128 Å². The lowest BCUT2D eigenvalue weighted by atomic mass is 10.2. The smallest absolute Gasteiger partial charge is 0.0877 e. The molecule has 0 atom stereocenters. The summed E-state index contributed by atoms with van der Waals surface area (Å²) in [6.07, 6.45) is 7.56. The van der Waals surface area contributed by atoms with Gasteiger partial charge in [-0.25, -0.2) is 4.68 Å². The van der Waals surface area contributed by atoms with Crippen LogP contribution in [0.3, 0.4) is 0 Å². The van der Waals surface area contributed by atoms with Gasteiger partial charge in [0.2, 0.25) is 0 Å². The van der Waals surface area contributed by atoms with E-state index in [-0.39, 0.29) is 0 Å². The highest BCUT2D eigenvalue weighted by atomic mass is 35.5. The maximum atomic E-state index is 6.10. The molecule has 21 heavy (non-hydrogen) atoms. The molecule has 3 aromatic rings. The molecule has 6 heteroatoms. The highest BCUT2D eigenvalue weighted by molar-refractivity contribution is 6.31. The van der Waals surface area contributed by atoms with E-state index in [0.29, 0.717) is 11.6 Å². The predicted molar refractivity (Wildman–Crippen MR) is 83.8 cm³/mol. The molecule has 0 aliphatic rings. The normalized spacial score (nSPS) is 10.8. The van der Waals surface area contributed by atoms with Gasteiger partial charge in [0.05, 0.1) is 17.6 Å². The van der Waals surface area contributed by atoms with Crippen molar-refractivity contribution in [1.29, 1.82) is 0 Å². The second-order valence-corrected chi connectivity index (χ2v) is 5.11. The van der Waals surface area contributed by atoms with Crippen LogP contribution in [0, 0.1) is 0 Å². The lowest BCUT2D eigenvalue weighted by molar-refractivity contribution is 0.659. The van der Waals surface area contributed by atoms with Crippen molar-refractivity contribution in [3.05, 3.63) is 59.6 Å². The molecule has 1 aromatic carbocycles. The Morgan fingerprint density at radius 3 is 2.90 bits per heavy atom. The summed E-state index contributed by atoms with van der Waals surface area (Å²) in [7, 11) is 0. The summed E-state index contributed by atoms with van der Waals surface area (Å²) < 4.78 is 3.72. The number of nitrogens with zero attached hydrogens (tertiary/aromatic N) is 4. The number of aromatic nitrogens is 4. The summed E-state index contributed by atoms with van der Waals surface area (Å²) in [5, 5.41) is 12.6. The Hall–Kier alpha value is -2.27. The van der Waals surface area contributed by atoms with Gasteiger partial charge in [0.25, 0.3) is 0 Å². The first-order valence-corrected chi connectivity index (χ1v) is 7.19. The summed E-state index contributed by atoms with van der Waals surface area (Å²) in [6, 6.07) is 7.61. The first kappa shape index (κ1) is 13.7. The van der Waals surface area contributed by atoms with E-state index < -0.39 is 0 Å². The lowest BCUT2D eigenvalue weighted by Gasteiger charge is -2.12.